The average molecular weight is 214 g/mol. The van der Waals surface area contributed by atoms with Gasteiger partial charge in [-0.05, 0) is 18.2 Å². The van der Waals surface area contributed by atoms with E-state index in [9.17, 15) is 4.79 Å². The molecule has 0 fully saturated rings. The van der Waals surface area contributed by atoms with Gasteiger partial charge in [0.25, 0.3) is 5.91 Å². The first-order valence-electron chi connectivity index (χ1n) is 5.12. The lowest BCUT2D eigenvalue weighted by atomic mass is 10.2. The number of amides is 1. The lowest BCUT2D eigenvalue weighted by molar-refractivity contribution is 0.0924. The Balaban J connectivity index is 2.08. The molecule has 0 atom stereocenters. The maximum absolute atomic E-state index is 11.5. The molecule has 2 aromatic rings. The van der Waals surface area contributed by atoms with E-state index in [1.807, 2.05) is 18.2 Å². The number of carbonyl (C=O) groups excluding carboxylic acids is 1. The predicted octanol–water partition coefficient (Wildman–Crippen LogP) is 0.688. The van der Waals surface area contributed by atoms with Gasteiger partial charge in [0.2, 0.25) is 0 Å². The summed E-state index contributed by atoms with van der Waals surface area (Å²) in [5, 5.41) is 7.15. The quantitative estimate of drug-likeness (QED) is 0.759. The third-order valence-corrected chi connectivity index (χ3v) is 2.55. The van der Waals surface area contributed by atoms with Gasteiger partial charge < -0.3 is 5.32 Å². The van der Waals surface area contributed by atoms with Crippen LogP contribution in [0.3, 0.4) is 0 Å². The zero-order chi connectivity index (χ0) is 11.0. The molecule has 80 valence electrons. The molecule has 3 rings (SSSR count). The number of aromatic nitrogens is 3. The van der Waals surface area contributed by atoms with Crippen LogP contribution >= 0.6 is 0 Å². The first-order valence-corrected chi connectivity index (χ1v) is 5.12. The van der Waals surface area contributed by atoms with Crippen molar-refractivity contribution in [1.82, 2.24) is 20.1 Å². The number of hydrogen-bond acceptors (Lipinski definition) is 3. The first kappa shape index (κ1) is 9.08. The number of carbonyl (C=O) groups is 1. The van der Waals surface area contributed by atoms with Gasteiger partial charge in [0.05, 0.1) is 12.2 Å². The Kier molecular flexibility index (Phi) is 1.96. The smallest absolute Gasteiger partial charge is 0.269 e. The lowest BCUT2D eigenvalue weighted by Gasteiger charge is -2.13. The van der Waals surface area contributed by atoms with Crippen molar-refractivity contribution in [2.45, 2.75) is 6.54 Å². The summed E-state index contributed by atoms with van der Waals surface area (Å²) >= 11 is 0. The second-order valence-corrected chi connectivity index (χ2v) is 3.61. The van der Waals surface area contributed by atoms with Crippen LogP contribution in [0.1, 0.15) is 10.5 Å². The van der Waals surface area contributed by atoms with Crippen LogP contribution in [0.5, 0.6) is 0 Å². The number of fused-ring (bicyclic) bond motifs is 1. The zero-order valence-electron chi connectivity index (χ0n) is 8.55. The van der Waals surface area contributed by atoms with Crippen LogP contribution in [0.25, 0.3) is 11.4 Å². The Morgan fingerprint density at radius 3 is 3.00 bits per heavy atom. The molecule has 0 unspecified atom stereocenters. The molecule has 0 aliphatic carbocycles. The first-order chi connectivity index (χ1) is 7.84. The topological polar surface area (TPSA) is 59.8 Å². The van der Waals surface area contributed by atoms with Crippen molar-refractivity contribution >= 4 is 5.91 Å². The molecule has 5 heteroatoms. The predicted molar refractivity (Wildman–Crippen MR) is 57.8 cm³/mol. The lowest BCUT2D eigenvalue weighted by Crippen LogP contribution is -2.35. The largest absolute Gasteiger partial charge is 0.349 e. The third kappa shape index (κ3) is 1.37. The van der Waals surface area contributed by atoms with Gasteiger partial charge in [-0.15, -0.1) is 0 Å². The minimum absolute atomic E-state index is 0.0686. The summed E-state index contributed by atoms with van der Waals surface area (Å²) in [7, 11) is 0. The molecule has 0 aromatic carbocycles. The van der Waals surface area contributed by atoms with Crippen LogP contribution in [0.15, 0.2) is 30.5 Å². The summed E-state index contributed by atoms with van der Waals surface area (Å²) in [5.74, 6) is -0.0686. The van der Waals surface area contributed by atoms with Crippen LogP contribution < -0.4 is 5.32 Å². The van der Waals surface area contributed by atoms with E-state index in [0.717, 1.165) is 11.4 Å². The van der Waals surface area contributed by atoms with E-state index < -0.39 is 0 Å². The third-order valence-electron chi connectivity index (χ3n) is 2.55. The van der Waals surface area contributed by atoms with Crippen molar-refractivity contribution in [3.63, 3.8) is 0 Å². The SMILES string of the molecule is O=C1NCCn2nc(-c3ccccn3)cc21. The highest BCUT2D eigenvalue weighted by Gasteiger charge is 2.19. The summed E-state index contributed by atoms with van der Waals surface area (Å²) in [6.45, 7) is 1.35. The number of nitrogens with one attached hydrogen (secondary N) is 1. The summed E-state index contributed by atoms with van der Waals surface area (Å²) in [4.78, 5) is 15.7. The summed E-state index contributed by atoms with van der Waals surface area (Å²) in [6, 6.07) is 7.41. The van der Waals surface area contributed by atoms with Gasteiger partial charge in [-0.2, -0.15) is 5.10 Å². The van der Waals surface area contributed by atoms with Gasteiger partial charge in [0, 0.05) is 12.7 Å². The molecule has 1 aliphatic rings. The van der Waals surface area contributed by atoms with Gasteiger partial charge in [-0.1, -0.05) is 6.07 Å². The van der Waals surface area contributed by atoms with Gasteiger partial charge in [0.15, 0.2) is 0 Å². The van der Waals surface area contributed by atoms with E-state index in [4.69, 9.17) is 0 Å². The molecule has 2 aromatic heterocycles. The summed E-state index contributed by atoms with van der Waals surface area (Å²) in [6.07, 6.45) is 1.72. The van der Waals surface area contributed by atoms with Crippen LogP contribution in [0, 0.1) is 0 Å². The summed E-state index contributed by atoms with van der Waals surface area (Å²) in [5.41, 5.74) is 2.14. The molecule has 0 bridgehead atoms. The standard InChI is InChI=1S/C11H10N4O/c16-11-10-7-9(8-3-1-2-4-12-8)14-15(10)6-5-13-11/h1-4,7H,5-6H2,(H,13,16). The van der Waals surface area contributed by atoms with E-state index in [1.165, 1.54) is 0 Å². The van der Waals surface area contributed by atoms with E-state index >= 15 is 0 Å². The highest BCUT2D eigenvalue weighted by molar-refractivity contribution is 5.94. The monoisotopic (exact) mass is 214 g/mol. The molecule has 16 heavy (non-hydrogen) atoms. The van der Waals surface area contributed by atoms with Crippen molar-refractivity contribution in [2.24, 2.45) is 0 Å². The fraction of sp³-hybridized carbons (Fsp3) is 0.182. The van der Waals surface area contributed by atoms with Gasteiger partial charge in [-0.3, -0.25) is 14.5 Å². The highest BCUT2D eigenvalue weighted by atomic mass is 16.2. The van der Waals surface area contributed by atoms with Crippen molar-refractivity contribution in [3.05, 3.63) is 36.2 Å². The van der Waals surface area contributed by atoms with E-state index in [1.54, 1.807) is 16.9 Å². The fourth-order valence-corrected chi connectivity index (χ4v) is 1.78. The molecule has 5 nitrogen and oxygen atoms in total. The molecule has 1 amide bonds. The fourth-order valence-electron chi connectivity index (χ4n) is 1.78. The zero-order valence-corrected chi connectivity index (χ0v) is 8.55. The van der Waals surface area contributed by atoms with E-state index in [0.29, 0.717) is 18.8 Å². The average Bonchev–Trinajstić information content (AvgIpc) is 2.76. The second-order valence-electron chi connectivity index (χ2n) is 3.61. The normalized spacial score (nSPS) is 14.4. The van der Waals surface area contributed by atoms with E-state index in [2.05, 4.69) is 15.4 Å². The molecule has 0 saturated heterocycles. The number of pyridine rings is 1. The van der Waals surface area contributed by atoms with Crippen molar-refractivity contribution < 1.29 is 4.79 Å². The van der Waals surface area contributed by atoms with E-state index in [-0.39, 0.29) is 5.91 Å². The number of hydrogen-bond donors (Lipinski definition) is 1. The van der Waals surface area contributed by atoms with Crippen molar-refractivity contribution in [3.8, 4) is 11.4 Å². The highest BCUT2D eigenvalue weighted by Crippen LogP contribution is 2.17. The molecule has 0 radical (unpaired) electrons. The number of rotatable bonds is 1. The minimum atomic E-state index is -0.0686. The molecular formula is C11H10N4O. The molecular weight excluding hydrogens is 204 g/mol. The second kappa shape index (κ2) is 3.44. The Morgan fingerprint density at radius 2 is 2.25 bits per heavy atom. The van der Waals surface area contributed by atoms with Crippen molar-refractivity contribution in [1.29, 1.82) is 0 Å². The Bertz CT molecular complexity index is 532. The Morgan fingerprint density at radius 1 is 1.31 bits per heavy atom. The Hall–Kier alpha value is -2.17. The summed E-state index contributed by atoms with van der Waals surface area (Å²) < 4.78 is 1.73. The maximum Gasteiger partial charge on any atom is 0.269 e. The molecule has 1 N–H and O–H groups in total. The van der Waals surface area contributed by atoms with Gasteiger partial charge in [0.1, 0.15) is 11.4 Å². The minimum Gasteiger partial charge on any atom is -0.349 e. The van der Waals surface area contributed by atoms with Crippen LogP contribution in [0.4, 0.5) is 0 Å². The molecule has 1 aliphatic heterocycles. The van der Waals surface area contributed by atoms with Crippen LogP contribution in [-0.4, -0.2) is 27.2 Å². The molecule has 0 spiro atoms. The van der Waals surface area contributed by atoms with Gasteiger partial charge in [-0.25, -0.2) is 0 Å². The van der Waals surface area contributed by atoms with Crippen molar-refractivity contribution in [2.75, 3.05) is 6.54 Å². The van der Waals surface area contributed by atoms with Crippen LogP contribution in [0.2, 0.25) is 0 Å². The maximum atomic E-state index is 11.5. The molecule has 3 heterocycles. The van der Waals surface area contributed by atoms with Gasteiger partial charge >= 0.3 is 0 Å². The number of nitrogens with zero attached hydrogens (tertiary/aromatic N) is 3. The Labute approximate surface area is 92.1 Å². The molecule has 0 saturated carbocycles. The van der Waals surface area contributed by atoms with Crippen LogP contribution in [-0.2, 0) is 6.54 Å².